The van der Waals surface area contributed by atoms with Crippen molar-refractivity contribution in [3.05, 3.63) is 66.9 Å². The van der Waals surface area contributed by atoms with E-state index in [0.717, 1.165) is 48.1 Å². The number of rotatable bonds is 9. The lowest BCUT2D eigenvalue weighted by Gasteiger charge is -2.17. The summed E-state index contributed by atoms with van der Waals surface area (Å²) in [5.74, 6) is -0.573. The summed E-state index contributed by atoms with van der Waals surface area (Å²) in [6.07, 6.45) is 5.10. The molecule has 3 unspecified atom stereocenters. The molecule has 5 nitrogen and oxygen atoms in total. The van der Waals surface area contributed by atoms with Gasteiger partial charge in [0.2, 0.25) is 0 Å². The first kappa shape index (κ1) is 20.1. The molecule has 1 N–H and O–H groups in total. The maximum atomic E-state index is 11.0. The van der Waals surface area contributed by atoms with Crippen LogP contribution in [0, 0.1) is 11.8 Å². The van der Waals surface area contributed by atoms with E-state index < -0.39 is 5.97 Å². The average molecular weight is 402 g/mol. The zero-order valence-electron chi connectivity index (χ0n) is 17.1. The smallest absolute Gasteiger partial charge is 0.317 e. The zero-order chi connectivity index (χ0) is 20.9. The van der Waals surface area contributed by atoms with Gasteiger partial charge in [0.1, 0.15) is 6.10 Å². The second-order valence-electron chi connectivity index (χ2n) is 7.81. The number of nitrogens with zero attached hydrogens (tertiary/aromatic N) is 2. The van der Waals surface area contributed by atoms with Crippen molar-refractivity contribution >= 4 is 5.97 Å². The second-order valence-corrected chi connectivity index (χ2v) is 7.81. The first-order valence-electron chi connectivity index (χ1n) is 10.5. The van der Waals surface area contributed by atoms with Crippen molar-refractivity contribution in [1.29, 1.82) is 0 Å². The summed E-state index contributed by atoms with van der Waals surface area (Å²) in [5.41, 5.74) is 3.88. The molecule has 5 heteroatoms. The van der Waals surface area contributed by atoms with Gasteiger partial charge in [0.05, 0.1) is 11.6 Å². The Morgan fingerprint density at radius 2 is 1.77 bits per heavy atom. The van der Waals surface area contributed by atoms with Gasteiger partial charge in [-0.05, 0) is 37.2 Å². The second kappa shape index (κ2) is 9.08. The standard InChI is InChI=1S/C25H26N2O3/c1-2-20(14-13-19-15-21(19)24(28)29)30-25-26-16-22(17-9-5-3-6-10-17)23(27-25)18-11-7-4-8-12-18/h3-12,16,19-21H,2,13-15H2,1H3,(H,28,29). The molecule has 1 heterocycles. The summed E-state index contributed by atoms with van der Waals surface area (Å²) >= 11 is 0. The Balaban J connectivity index is 1.54. The van der Waals surface area contributed by atoms with Gasteiger partial charge in [-0.15, -0.1) is 0 Å². The van der Waals surface area contributed by atoms with Gasteiger partial charge in [-0.25, -0.2) is 4.98 Å². The molecule has 1 saturated carbocycles. The molecule has 3 atom stereocenters. The molecule has 0 amide bonds. The van der Waals surface area contributed by atoms with E-state index in [9.17, 15) is 4.79 Å². The first-order valence-corrected chi connectivity index (χ1v) is 10.5. The van der Waals surface area contributed by atoms with Crippen LogP contribution in [0.15, 0.2) is 66.9 Å². The van der Waals surface area contributed by atoms with E-state index in [4.69, 9.17) is 14.8 Å². The molecule has 3 aromatic rings. The Hall–Kier alpha value is -3.21. The summed E-state index contributed by atoms with van der Waals surface area (Å²) in [6, 6.07) is 20.5. The molecule has 0 radical (unpaired) electrons. The molecule has 30 heavy (non-hydrogen) atoms. The minimum atomic E-state index is -0.679. The minimum Gasteiger partial charge on any atom is -0.481 e. The molecule has 154 valence electrons. The zero-order valence-corrected chi connectivity index (χ0v) is 17.1. The predicted molar refractivity (Wildman–Crippen MR) is 116 cm³/mol. The Morgan fingerprint density at radius 1 is 1.10 bits per heavy atom. The fourth-order valence-electron chi connectivity index (χ4n) is 3.83. The molecule has 0 saturated heterocycles. The Labute approximate surface area is 176 Å². The fourth-order valence-corrected chi connectivity index (χ4v) is 3.83. The van der Waals surface area contributed by atoms with Gasteiger partial charge in [0.25, 0.3) is 0 Å². The van der Waals surface area contributed by atoms with Crippen molar-refractivity contribution in [1.82, 2.24) is 9.97 Å². The largest absolute Gasteiger partial charge is 0.481 e. The van der Waals surface area contributed by atoms with Gasteiger partial charge >= 0.3 is 12.0 Å². The lowest BCUT2D eigenvalue weighted by Crippen LogP contribution is -2.17. The van der Waals surface area contributed by atoms with E-state index in [1.54, 1.807) is 0 Å². The van der Waals surface area contributed by atoms with Gasteiger partial charge in [-0.3, -0.25) is 4.79 Å². The third-order valence-corrected chi connectivity index (χ3v) is 5.73. The number of benzene rings is 2. The highest BCUT2D eigenvalue weighted by Gasteiger charge is 2.42. The summed E-state index contributed by atoms with van der Waals surface area (Å²) in [6.45, 7) is 2.07. The van der Waals surface area contributed by atoms with Crippen molar-refractivity contribution in [2.75, 3.05) is 0 Å². The molecule has 4 rings (SSSR count). The fraction of sp³-hybridized carbons (Fsp3) is 0.320. The minimum absolute atomic E-state index is 0.0220. The molecular formula is C25H26N2O3. The van der Waals surface area contributed by atoms with Crippen LogP contribution < -0.4 is 4.74 Å². The summed E-state index contributed by atoms with van der Waals surface area (Å²) in [7, 11) is 0. The van der Waals surface area contributed by atoms with E-state index in [2.05, 4.69) is 24.0 Å². The molecule has 1 aliphatic rings. The van der Waals surface area contributed by atoms with Gasteiger partial charge < -0.3 is 9.84 Å². The van der Waals surface area contributed by atoms with Crippen molar-refractivity contribution < 1.29 is 14.6 Å². The maximum Gasteiger partial charge on any atom is 0.317 e. The highest BCUT2D eigenvalue weighted by Crippen LogP contribution is 2.42. The number of aliphatic carboxylic acids is 1. The molecule has 0 bridgehead atoms. The highest BCUT2D eigenvalue weighted by molar-refractivity contribution is 5.80. The summed E-state index contributed by atoms with van der Waals surface area (Å²) in [4.78, 5) is 20.3. The van der Waals surface area contributed by atoms with E-state index >= 15 is 0 Å². The number of carboxylic acids is 1. The third kappa shape index (κ3) is 4.67. The van der Waals surface area contributed by atoms with Crippen LogP contribution in [-0.4, -0.2) is 27.1 Å². The highest BCUT2D eigenvalue weighted by atomic mass is 16.5. The van der Waals surface area contributed by atoms with Crippen molar-refractivity contribution in [2.45, 2.75) is 38.7 Å². The molecule has 0 spiro atoms. The molecule has 0 aliphatic heterocycles. The van der Waals surface area contributed by atoms with Gasteiger partial charge in [0.15, 0.2) is 0 Å². The van der Waals surface area contributed by atoms with E-state index in [1.807, 2.05) is 54.7 Å². The Kier molecular flexibility index (Phi) is 6.07. The van der Waals surface area contributed by atoms with Crippen molar-refractivity contribution in [3.8, 4) is 28.4 Å². The molecule has 1 aliphatic carbocycles. The average Bonchev–Trinajstić information content (AvgIpc) is 3.58. The van der Waals surface area contributed by atoms with E-state index in [1.165, 1.54) is 0 Å². The van der Waals surface area contributed by atoms with Gasteiger partial charge in [-0.2, -0.15) is 4.98 Å². The van der Waals surface area contributed by atoms with Crippen LogP contribution in [0.2, 0.25) is 0 Å². The maximum absolute atomic E-state index is 11.0. The van der Waals surface area contributed by atoms with Crippen LogP contribution >= 0.6 is 0 Å². The number of ether oxygens (including phenoxy) is 1. The number of hydrogen-bond acceptors (Lipinski definition) is 4. The van der Waals surface area contributed by atoms with Crippen LogP contribution in [0.4, 0.5) is 0 Å². The normalized spacial score (nSPS) is 18.6. The lowest BCUT2D eigenvalue weighted by atomic mass is 10.0. The summed E-state index contributed by atoms with van der Waals surface area (Å²) in [5, 5.41) is 9.09. The quantitative estimate of drug-likeness (QED) is 0.514. The number of carbonyl (C=O) groups is 1. The van der Waals surface area contributed by atoms with Crippen LogP contribution in [-0.2, 0) is 4.79 Å². The molecule has 2 aromatic carbocycles. The van der Waals surface area contributed by atoms with Crippen molar-refractivity contribution in [3.63, 3.8) is 0 Å². The van der Waals surface area contributed by atoms with Gasteiger partial charge in [0, 0.05) is 17.3 Å². The summed E-state index contributed by atoms with van der Waals surface area (Å²) < 4.78 is 6.12. The van der Waals surface area contributed by atoms with Crippen LogP contribution in [0.25, 0.3) is 22.4 Å². The monoisotopic (exact) mass is 402 g/mol. The third-order valence-electron chi connectivity index (χ3n) is 5.73. The first-order chi connectivity index (χ1) is 14.7. The Bertz CT molecular complexity index is 992. The SMILES string of the molecule is CCC(CCC1CC1C(=O)O)Oc1ncc(-c2ccccc2)c(-c2ccccc2)n1. The number of aromatic nitrogens is 2. The number of hydrogen-bond donors (Lipinski definition) is 1. The molecule has 1 fully saturated rings. The van der Waals surface area contributed by atoms with E-state index in [0.29, 0.717) is 6.01 Å². The van der Waals surface area contributed by atoms with Crippen LogP contribution in [0.5, 0.6) is 6.01 Å². The topological polar surface area (TPSA) is 72.3 Å². The van der Waals surface area contributed by atoms with Crippen molar-refractivity contribution in [2.24, 2.45) is 11.8 Å². The lowest BCUT2D eigenvalue weighted by molar-refractivity contribution is -0.138. The van der Waals surface area contributed by atoms with Crippen LogP contribution in [0.3, 0.4) is 0 Å². The van der Waals surface area contributed by atoms with Crippen LogP contribution in [0.1, 0.15) is 32.6 Å². The molecular weight excluding hydrogens is 376 g/mol. The predicted octanol–water partition coefficient (Wildman–Crippen LogP) is 5.47. The Morgan fingerprint density at radius 3 is 2.37 bits per heavy atom. The van der Waals surface area contributed by atoms with E-state index in [-0.39, 0.29) is 17.9 Å². The van der Waals surface area contributed by atoms with Gasteiger partial charge in [-0.1, -0.05) is 67.6 Å². The molecule has 1 aromatic heterocycles. The number of carboxylic acid groups (broad SMARTS) is 1.